The molecular weight excluding hydrogens is 195 g/mol. The fourth-order valence-corrected chi connectivity index (χ4v) is 2.45. The van der Waals surface area contributed by atoms with Gasteiger partial charge in [-0.2, -0.15) is 0 Å². The Balaban J connectivity index is 2.45. The van der Waals surface area contributed by atoms with Gasteiger partial charge in [0.25, 0.3) is 0 Å². The molecule has 0 bridgehead atoms. The maximum Gasteiger partial charge on any atom is 0.451 e. The molecular formula is C10H19BO4. The molecule has 0 aromatic carbocycles. The quantitative estimate of drug-likeness (QED) is 0.613. The zero-order chi connectivity index (χ0) is 11.5. The molecule has 15 heavy (non-hydrogen) atoms. The Morgan fingerprint density at radius 2 is 2.20 bits per heavy atom. The van der Waals surface area contributed by atoms with Gasteiger partial charge in [-0.05, 0) is 32.0 Å². The SMILES string of the molecule is C[C@]1(C(=O)O)CCC[C@H](CCB(O)O)C1. The fourth-order valence-electron chi connectivity index (χ4n) is 2.45. The summed E-state index contributed by atoms with van der Waals surface area (Å²) in [6, 6.07) is 0. The highest BCUT2D eigenvalue weighted by Gasteiger charge is 2.38. The van der Waals surface area contributed by atoms with E-state index in [1.165, 1.54) is 0 Å². The normalized spacial score (nSPS) is 31.3. The predicted molar refractivity (Wildman–Crippen MR) is 57.3 cm³/mol. The second-order valence-electron chi connectivity index (χ2n) is 4.89. The lowest BCUT2D eigenvalue weighted by atomic mass is 9.67. The van der Waals surface area contributed by atoms with E-state index >= 15 is 0 Å². The van der Waals surface area contributed by atoms with Crippen molar-refractivity contribution < 1.29 is 19.9 Å². The zero-order valence-electron chi connectivity index (χ0n) is 9.15. The Hall–Kier alpha value is -0.545. The van der Waals surface area contributed by atoms with Gasteiger partial charge in [-0.25, -0.2) is 0 Å². The summed E-state index contributed by atoms with van der Waals surface area (Å²) >= 11 is 0. The van der Waals surface area contributed by atoms with Gasteiger partial charge < -0.3 is 15.2 Å². The van der Waals surface area contributed by atoms with Gasteiger partial charge in [0.15, 0.2) is 0 Å². The van der Waals surface area contributed by atoms with Crippen LogP contribution in [0.2, 0.25) is 6.32 Å². The van der Waals surface area contributed by atoms with Crippen molar-refractivity contribution in [2.24, 2.45) is 11.3 Å². The Kier molecular flexibility index (Phi) is 4.17. The Morgan fingerprint density at radius 1 is 1.53 bits per heavy atom. The van der Waals surface area contributed by atoms with Crippen LogP contribution in [-0.4, -0.2) is 28.2 Å². The number of hydrogen-bond donors (Lipinski definition) is 3. The first-order valence-electron chi connectivity index (χ1n) is 5.53. The van der Waals surface area contributed by atoms with E-state index in [4.69, 9.17) is 15.2 Å². The number of carboxylic acids is 1. The summed E-state index contributed by atoms with van der Waals surface area (Å²) in [5.74, 6) is -0.404. The standard InChI is InChI=1S/C10H19BO4/c1-10(9(12)13)5-2-3-8(7-10)4-6-11(14)15/h8,14-15H,2-7H2,1H3,(H,12,13)/t8-,10+/m1/s1. The van der Waals surface area contributed by atoms with E-state index in [2.05, 4.69) is 0 Å². The summed E-state index contributed by atoms with van der Waals surface area (Å²) in [7, 11) is -1.26. The van der Waals surface area contributed by atoms with Crippen LogP contribution in [0.15, 0.2) is 0 Å². The average molecular weight is 214 g/mol. The molecule has 2 atom stereocenters. The van der Waals surface area contributed by atoms with Gasteiger partial charge in [0, 0.05) is 0 Å². The van der Waals surface area contributed by atoms with Crippen LogP contribution in [0, 0.1) is 11.3 Å². The third-order valence-electron chi connectivity index (χ3n) is 3.43. The first kappa shape index (κ1) is 12.5. The number of carbonyl (C=O) groups is 1. The Morgan fingerprint density at radius 3 is 2.73 bits per heavy atom. The maximum atomic E-state index is 11.1. The van der Waals surface area contributed by atoms with Crippen LogP contribution >= 0.6 is 0 Å². The van der Waals surface area contributed by atoms with Crippen molar-refractivity contribution in [3.8, 4) is 0 Å². The van der Waals surface area contributed by atoms with Crippen molar-refractivity contribution in [2.75, 3.05) is 0 Å². The van der Waals surface area contributed by atoms with Crippen molar-refractivity contribution >= 4 is 13.1 Å². The van der Waals surface area contributed by atoms with Crippen LogP contribution in [0.5, 0.6) is 0 Å². The molecule has 0 saturated heterocycles. The summed E-state index contributed by atoms with van der Waals surface area (Å²) < 4.78 is 0. The van der Waals surface area contributed by atoms with Crippen LogP contribution in [0.1, 0.15) is 39.0 Å². The molecule has 1 rings (SSSR count). The molecule has 0 aromatic rings. The molecule has 86 valence electrons. The first-order chi connectivity index (χ1) is 6.94. The molecule has 0 spiro atoms. The van der Waals surface area contributed by atoms with E-state index in [-0.39, 0.29) is 0 Å². The van der Waals surface area contributed by atoms with Crippen molar-refractivity contribution in [2.45, 2.75) is 45.3 Å². The highest BCUT2D eigenvalue weighted by Crippen LogP contribution is 2.41. The van der Waals surface area contributed by atoms with Gasteiger partial charge in [0.2, 0.25) is 0 Å². The Bertz CT molecular complexity index is 231. The second kappa shape index (κ2) is 4.99. The molecule has 1 aliphatic carbocycles. The molecule has 0 aromatic heterocycles. The van der Waals surface area contributed by atoms with E-state index in [9.17, 15) is 4.79 Å². The van der Waals surface area contributed by atoms with Gasteiger partial charge in [-0.3, -0.25) is 4.79 Å². The van der Waals surface area contributed by atoms with Gasteiger partial charge in [-0.1, -0.05) is 19.3 Å². The minimum atomic E-state index is -1.26. The highest BCUT2D eigenvalue weighted by molar-refractivity contribution is 6.40. The van der Waals surface area contributed by atoms with Gasteiger partial charge in [0.05, 0.1) is 5.41 Å². The third-order valence-corrected chi connectivity index (χ3v) is 3.43. The van der Waals surface area contributed by atoms with E-state index in [0.29, 0.717) is 25.1 Å². The lowest BCUT2D eigenvalue weighted by Gasteiger charge is -2.34. The molecule has 3 N–H and O–H groups in total. The molecule has 5 heteroatoms. The fraction of sp³-hybridized carbons (Fsp3) is 0.900. The van der Waals surface area contributed by atoms with Crippen LogP contribution < -0.4 is 0 Å². The van der Waals surface area contributed by atoms with Crippen molar-refractivity contribution in [1.29, 1.82) is 0 Å². The summed E-state index contributed by atoms with van der Waals surface area (Å²) in [6.07, 6.45) is 4.39. The van der Waals surface area contributed by atoms with Crippen molar-refractivity contribution in [3.63, 3.8) is 0 Å². The van der Waals surface area contributed by atoms with Crippen LogP contribution in [0.25, 0.3) is 0 Å². The highest BCUT2D eigenvalue weighted by atomic mass is 16.4. The van der Waals surface area contributed by atoms with Gasteiger partial charge in [-0.15, -0.1) is 0 Å². The Labute approximate surface area is 90.5 Å². The maximum absolute atomic E-state index is 11.1. The van der Waals surface area contributed by atoms with Crippen molar-refractivity contribution in [3.05, 3.63) is 0 Å². The number of hydrogen-bond acceptors (Lipinski definition) is 3. The van der Waals surface area contributed by atoms with Crippen LogP contribution in [0.3, 0.4) is 0 Å². The molecule has 0 heterocycles. The molecule has 1 aliphatic rings. The summed E-state index contributed by atoms with van der Waals surface area (Å²) in [6.45, 7) is 1.79. The largest absolute Gasteiger partial charge is 0.481 e. The minimum absolute atomic E-state index is 0.321. The van der Waals surface area contributed by atoms with Crippen molar-refractivity contribution in [1.82, 2.24) is 0 Å². The van der Waals surface area contributed by atoms with Gasteiger partial charge >= 0.3 is 13.1 Å². The number of aliphatic carboxylic acids is 1. The molecule has 1 saturated carbocycles. The topological polar surface area (TPSA) is 77.8 Å². The lowest BCUT2D eigenvalue weighted by molar-refractivity contribution is -0.150. The minimum Gasteiger partial charge on any atom is -0.481 e. The predicted octanol–water partition coefficient (Wildman–Crippen LogP) is 1.13. The zero-order valence-corrected chi connectivity index (χ0v) is 9.15. The monoisotopic (exact) mass is 214 g/mol. The molecule has 0 amide bonds. The molecule has 0 radical (unpaired) electrons. The molecule has 0 aliphatic heterocycles. The van der Waals surface area contributed by atoms with Crippen LogP contribution in [0.4, 0.5) is 0 Å². The lowest BCUT2D eigenvalue weighted by Crippen LogP contribution is -2.33. The third kappa shape index (κ3) is 3.50. The number of carboxylic acid groups (broad SMARTS) is 1. The summed E-state index contributed by atoms with van der Waals surface area (Å²) in [5, 5.41) is 26.6. The average Bonchev–Trinajstić information content (AvgIpc) is 2.15. The molecule has 0 unspecified atom stereocenters. The van der Waals surface area contributed by atoms with Crippen LogP contribution in [-0.2, 0) is 4.79 Å². The van der Waals surface area contributed by atoms with E-state index < -0.39 is 18.5 Å². The number of rotatable bonds is 4. The second-order valence-corrected chi connectivity index (χ2v) is 4.89. The first-order valence-corrected chi connectivity index (χ1v) is 5.53. The van der Waals surface area contributed by atoms with E-state index in [1.807, 2.05) is 0 Å². The molecule has 4 nitrogen and oxygen atoms in total. The summed E-state index contributed by atoms with van der Waals surface area (Å²) in [4.78, 5) is 11.1. The van der Waals surface area contributed by atoms with E-state index in [0.717, 1.165) is 19.3 Å². The molecule has 1 fully saturated rings. The summed E-state index contributed by atoms with van der Waals surface area (Å²) in [5.41, 5.74) is -0.608. The van der Waals surface area contributed by atoms with Gasteiger partial charge in [0.1, 0.15) is 0 Å². The smallest absolute Gasteiger partial charge is 0.451 e. The van der Waals surface area contributed by atoms with E-state index in [1.54, 1.807) is 6.92 Å².